The number of fused-ring (bicyclic) bond motifs is 1. The third kappa shape index (κ3) is 4.19. The van der Waals surface area contributed by atoms with Gasteiger partial charge in [0.15, 0.2) is 20.7 Å². The van der Waals surface area contributed by atoms with E-state index < -0.39 is 21.7 Å². The number of rotatable bonds is 5. The molecule has 11 heteroatoms. The van der Waals surface area contributed by atoms with Gasteiger partial charge in [-0.25, -0.2) is 18.4 Å². The molecule has 7 nitrogen and oxygen atoms in total. The Balaban J connectivity index is 2.26. The fourth-order valence-electron chi connectivity index (χ4n) is 3.67. The van der Waals surface area contributed by atoms with Crippen molar-refractivity contribution < 1.29 is 21.6 Å². The molecule has 0 radical (unpaired) electrons. The molecule has 0 atom stereocenters. The topological polar surface area (TPSA) is 82.1 Å². The summed E-state index contributed by atoms with van der Waals surface area (Å²) in [6.07, 6.45) is -2.50. The SMILES string of the molecule is C=N/C(=C\c1nc(-c2nc3n(c2S(=O)(=O)CC)CCC(C)(C)C3)n(C)c1C)C(F)(F)F. The van der Waals surface area contributed by atoms with E-state index in [0.717, 1.165) is 12.5 Å². The number of alkyl halides is 3. The molecule has 170 valence electrons. The van der Waals surface area contributed by atoms with Gasteiger partial charge in [-0.15, -0.1) is 0 Å². The fourth-order valence-corrected chi connectivity index (χ4v) is 4.91. The standard InChI is InChI=1S/C20H26F3N5O2S/c1-7-31(29,30)18-16(26-15-11-19(3,4)8-9-28(15)18)17-25-13(12(2)27(17)6)10-14(24-5)20(21,22)23/h10H,5,7-9,11H2,1-4,6H3/b14-10-. The molecule has 0 fully saturated rings. The minimum absolute atomic E-state index is 0.0309. The van der Waals surface area contributed by atoms with Crippen LogP contribution < -0.4 is 0 Å². The second kappa shape index (κ2) is 7.61. The Morgan fingerprint density at radius 3 is 2.52 bits per heavy atom. The maximum absolute atomic E-state index is 13.1. The number of nitrogens with zero attached hydrogens (tertiary/aromatic N) is 5. The van der Waals surface area contributed by atoms with Gasteiger partial charge in [-0.05, 0) is 31.6 Å². The summed E-state index contributed by atoms with van der Waals surface area (Å²) in [5.74, 6) is 0.712. The number of imidazole rings is 2. The van der Waals surface area contributed by atoms with Crippen LogP contribution >= 0.6 is 0 Å². The van der Waals surface area contributed by atoms with Crippen LogP contribution in [0.5, 0.6) is 0 Å². The number of sulfone groups is 1. The van der Waals surface area contributed by atoms with Crippen LogP contribution in [0, 0.1) is 12.3 Å². The van der Waals surface area contributed by atoms with Crippen LogP contribution in [0.1, 0.15) is 44.4 Å². The smallest absolute Gasteiger partial charge is 0.329 e. The molecule has 0 saturated carbocycles. The average molecular weight is 458 g/mol. The monoisotopic (exact) mass is 457 g/mol. The molecule has 0 N–H and O–H groups in total. The number of allylic oxidation sites excluding steroid dienone is 1. The molecule has 0 aliphatic carbocycles. The summed E-state index contributed by atoms with van der Waals surface area (Å²) in [5.41, 5.74) is -0.587. The zero-order valence-electron chi connectivity index (χ0n) is 18.2. The third-order valence-corrected chi connectivity index (χ3v) is 7.45. The molecule has 0 amide bonds. The molecule has 0 aromatic carbocycles. The summed E-state index contributed by atoms with van der Waals surface area (Å²) in [5, 5.41) is 0.0713. The summed E-state index contributed by atoms with van der Waals surface area (Å²) in [6, 6.07) is 0. The highest BCUT2D eigenvalue weighted by molar-refractivity contribution is 7.91. The van der Waals surface area contributed by atoms with Gasteiger partial charge < -0.3 is 9.13 Å². The van der Waals surface area contributed by atoms with E-state index in [4.69, 9.17) is 0 Å². The quantitative estimate of drug-likeness (QED) is 0.637. The van der Waals surface area contributed by atoms with E-state index in [9.17, 15) is 21.6 Å². The predicted octanol–water partition coefficient (Wildman–Crippen LogP) is 3.96. The molecule has 1 aliphatic heterocycles. The van der Waals surface area contributed by atoms with E-state index in [0.29, 0.717) is 24.5 Å². The van der Waals surface area contributed by atoms with Crippen molar-refractivity contribution in [2.24, 2.45) is 17.5 Å². The Morgan fingerprint density at radius 1 is 1.32 bits per heavy atom. The molecular formula is C20H26F3N5O2S. The highest BCUT2D eigenvalue weighted by atomic mass is 32.2. The molecule has 2 aromatic rings. The molecule has 3 heterocycles. The van der Waals surface area contributed by atoms with Crippen LogP contribution in [0.2, 0.25) is 0 Å². The first-order valence-corrected chi connectivity index (χ1v) is 11.5. The lowest BCUT2D eigenvalue weighted by Crippen LogP contribution is -2.28. The zero-order valence-corrected chi connectivity index (χ0v) is 19.0. The third-order valence-electron chi connectivity index (χ3n) is 5.69. The van der Waals surface area contributed by atoms with Gasteiger partial charge in [0.1, 0.15) is 17.2 Å². The first-order chi connectivity index (χ1) is 14.2. The van der Waals surface area contributed by atoms with Crippen LogP contribution in [0.25, 0.3) is 17.6 Å². The van der Waals surface area contributed by atoms with E-state index in [1.54, 1.807) is 30.0 Å². The van der Waals surface area contributed by atoms with E-state index in [1.165, 1.54) is 0 Å². The van der Waals surface area contributed by atoms with Crippen molar-refractivity contribution in [2.75, 3.05) is 5.75 Å². The Morgan fingerprint density at radius 2 is 1.97 bits per heavy atom. The van der Waals surface area contributed by atoms with Gasteiger partial charge in [0.25, 0.3) is 0 Å². The summed E-state index contributed by atoms with van der Waals surface area (Å²) >= 11 is 0. The van der Waals surface area contributed by atoms with Crippen molar-refractivity contribution in [2.45, 2.75) is 58.3 Å². The van der Waals surface area contributed by atoms with Gasteiger partial charge in [0, 0.05) is 25.7 Å². The fraction of sp³-hybridized carbons (Fsp3) is 0.550. The van der Waals surface area contributed by atoms with Gasteiger partial charge >= 0.3 is 6.18 Å². The first kappa shape index (κ1) is 23.2. The summed E-state index contributed by atoms with van der Waals surface area (Å²) in [4.78, 5) is 12.0. The number of hydrogen-bond acceptors (Lipinski definition) is 5. The van der Waals surface area contributed by atoms with Gasteiger partial charge in [-0.3, -0.25) is 4.99 Å². The molecule has 3 rings (SSSR count). The summed E-state index contributed by atoms with van der Waals surface area (Å²) < 4.78 is 68.6. The number of hydrogen-bond donors (Lipinski definition) is 0. The number of aliphatic imine (C=N–C) groups is 1. The number of aromatic nitrogens is 4. The van der Waals surface area contributed by atoms with Crippen molar-refractivity contribution in [1.82, 2.24) is 19.1 Å². The van der Waals surface area contributed by atoms with Crippen molar-refractivity contribution >= 4 is 22.6 Å². The maximum Gasteiger partial charge on any atom is 0.433 e. The normalized spacial score (nSPS) is 17.0. The van der Waals surface area contributed by atoms with Crippen molar-refractivity contribution in [3.8, 4) is 11.5 Å². The van der Waals surface area contributed by atoms with Crippen LogP contribution in [-0.2, 0) is 29.9 Å². The molecule has 0 bridgehead atoms. The second-order valence-corrected chi connectivity index (χ2v) is 10.7. The average Bonchev–Trinajstić information content (AvgIpc) is 3.16. The predicted molar refractivity (Wildman–Crippen MR) is 113 cm³/mol. The Hall–Kier alpha value is -2.43. The summed E-state index contributed by atoms with van der Waals surface area (Å²) in [7, 11) is -2.04. The van der Waals surface area contributed by atoms with E-state index >= 15 is 0 Å². The lowest BCUT2D eigenvalue weighted by molar-refractivity contribution is -0.0912. The highest BCUT2D eigenvalue weighted by Crippen LogP contribution is 2.38. The van der Waals surface area contributed by atoms with Crippen LogP contribution in [-0.4, -0.2) is 46.2 Å². The molecule has 0 spiro atoms. The minimum Gasteiger partial charge on any atom is -0.329 e. The van der Waals surface area contributed by atoms with Gasteiger partial charge in [-0.1, -0.05) is 20.8 Å². The minimum atomic E-state index is -4.68. The molecular weight excluding hydrogens is 431 g/mol. The van der Waals surface area contributed by atoms with E-state index in [2.05, 4.69) is 35.5 Å². The van der Waals surface area contributed by atoms with Gasteiger partial charge in [0.2, 0.25) is 0 Å². The number of halogens is 3. The molecule has 0 unspecified atom stereocenters. The largest absolute Gasteiger partial charge is 0.433 e. The Kier molecular flexibility index (Phi) is 5.71. The molecule has 2 aromatic heterocycles. The van der Waals surface area contributed by atoms with Crippen LogP contribution in [0.3, 0.4) is 0 Å². The summed E-state index contributed by atoms with van der Waals surface area (Å²) in [6.45, 7) is 10.8. The van der Waals surface area contributed by atoms with Crippen molar-refractivity contribution in [1.29, 1.82) is 0 Å². The molecule has 31 heavy (non-hydrogen) atoms. The Labute approximate surface area is 179 Å². The van der Waals surface area contributed by atoms with E-state index in [-0.39, 0.29) is 33.4 Å². The highest BCUT2D eigenvalue weighted by Gasteiger charge is 2.36. The maximum atomic E-state index is 13.1. The van der Waals surface area contributed by atoms with Crippen molar-refractivity contribution in [3.05, 3.63) is 22.9 Å². The second-order valence-electron chi connectivity index (χ2n) is 8.48. The van der Waals surface area contributed by atoms with Crippen LogP contribution in [0.4, 0.5) is 13.2 Å². The zero-order chi connectivity index (χ0) is 23.4. The van der Waals surface area contributed by atoms with Gasteiger partial charge in [0.05, 0.1) is 11.4 Å². The Bertz CT molecular complexity index is 1170. The first-order valence-electron chi connectivity index (χ1n) is 9.83. The molecule has 1 aliphatic rings. The molecule has 0 saturated heterocycles. The van der Waals surface area contributed by atoms with E-state index in [1.807, 2.05) is 0 Å². The van der Waals surface area contributed by atoms with Crippen LogP contribution in [0.15, 0.2) is 15.7 Å². The van der Waals surface area contributed by atoms with Gasteiger partial charge in [-0.2, -0.15) is 13.2 Å². The van der Waals surface area contributed by atoms with Crippen molar-refractivity contribution in [3.63, 3.8) is 0 Å². The lowest BCUT2D eigenvalue weighted by Gasteiger charge is -2.30. The lowest BCUT2D eigenvalue weighted by atomic mass is 9.83.